The summed E-state index contributed by atoms with van der Waals surface area (Å²) < 4.78 is 3.14. The SMILES string of the molecule is C[C@H](c1ccccc1)n1cnc2cc(NC(=O)c3sc4ccccc4c3Cl)ccc21. The molecule has 0 aliphatic heterocycles. The maximum Gasteiger partial charge on any atom is 0.267 e. The molecule has 1 amide bonds. The minimum absolute atomic E-state index is 0.161. The fourth-order valence-electron chi connectivity index (χ4n) is 3.66. The molecule has 5 aromatic rings. The number of carbonyl (C=O) groups excluding carboxylic acids is 1. The molecular weight excluding hydrogens is 414 g/mol. The van der Waals surface area contributed by atoms with E-state index >= 15 is 0 Å². The number of aromatic nitrogens is 2. The highest BCUT2D eigenvalue weighted by molar-refractivity contribution is 7.21. The number of rotatable bonds is 4. The maximum absolute atomic E-state index is 12.8. The average molecular weight is 432 g/mol. The third kappa shape index (κ3) is 3.26. The lowest BCUT2D eigenvalue weighted by atomic mass is 10.1. The highest BCUT2D eigenvalue weighted by Crippen LogP contribution is 2.35. The first-order chi connectivity index (χ1) is 14.6. The molecule has 2 aromatic heterocycles. The predicted molar refractivity (Wildman–Crippen MR) is 125 cm³/mol. The van der Waals surface area contributed by atoms with Gasteiger partial charge < -0.3 is 9.88 Å². The van der Waals surface area contributed by atoms with E-state index in [1.54, 1.807) is 0 Å². The average Bonchev–Trinajstić information content (AvgIpc) is 3.35. The van der Waals surface area contributed by atoms with Crippen molar-refractivity contribution in [1.82, 2.24) is 9.55 Å². The Morgan fingerprint density at radius 3 is 2.63 bits per heavy atom. The summed E-state index contributed by atoms with van der Waals surface area (Å²) in [4.78, 5) is 17.9. The number of anilines is 1. The standard InChI is InChI=1S/C24H18ClN3OS/c1-15(16-7-3-2-4-8-16)28-14-26-19-13-17(11-12-20(19)28)27-24(29)23-22(25)18-9-5-6-10-21(18)30-23/h2-15H,1H3,(H,27,29)/t15-/m1/s1. The summed E-state index contributed by atoms with van der Waals surface area (Å²) >= 11 is 7.84. The third-order valence-corrected chi connectivity index (χ3v) is 6.95. The van der Waals surface area contributed by atoms with Crippen molar-refractivity contribution in [2.75, 3.05) is 5.32 Å². The van der Waals surface area contributed by atoms with Crippen LogP contribution in [0.4, 0.5) is 5.69 Å². The molecule has 0 spiro atoms. The molecule has 5 rings (SSSR count). The van der Waals surface area contributed by atoms with Gasteiger partial charge in [-0.1, -0.05) is 60.1 Å². The fourth-order valence-corrected chi connectivity index (χ4v) is 5.07. The van der Waals surface area contributed by atoms with E-state index in [0.717, 1.165) is 21.1 Å². The second-order valence-corrected chi connectivity index (χ2v) is 8.57. The summed E-state index contributed by atoms with van der Waals surface area (Å²) in [5, 5.41) is 4.36. The molecule has 0 radical (unpaired) electrons. The minimum atomic E-state index is -0.211. The largest absolute Gasteiger partial charge is 0.323 e. The van der Waals surface area contributed by atoms with Crippen LogP contribution in [0.1, 0.15) is 28.2 Å². The van der Waals surface area contributed by atoms with Crippen LogP contribution >= 0.6 is 22.9 Å². The quantitative estimate of drug-likeness (QED) is 0.341. The lowest BCUT2D eigenvalue weighted by molar-refractivity contribution is 0.103. The second-order valence-electron chi connectivity index (χ2n) is 7.14. The van der Waals surface area contributed by atoms with Crippen LogP contribution in [0.15, 0.2) is 79.1 Å². The number of hydrogen-bond donors (Lipinski definition) is 1. The van der Waals surface area contributed by atoms with Crippen molar-refractivity contribution in [2.45, 2.75) is 13.0 Å². The van der Waals surface area contributed by atoms with E-state index in [1.165, 1.54) is 16.9 Å². The number of hydrogen-bond acceptors (Lipinski definition) is 3. The lowest BCUT2D eigenvalue weighted by Gasteiger charge is -2.15. The summed E-state index contributed by atoms with van der Waals surface area (Å²) in [7, 11) is 0. The van der Waals surface area contributed by atoms with Gasteiger partial charge in [0.05, 0.1) is 28.4 Å². The molecule has 0 saturated heterocycles. The Labute approximate surface area is 182 Å². The van der Waals surface area contributed by atoms with Gasteiger partial charge in [0, 0.05) is 15.8 Å². The van der Waals surface area contributed by atoms with Crippen molar-refractivity contribution in [1.29, 1.82) is 0 Å². The molecule has 6 heteroatoms. The molecule has 1 N–H and O–H groups in total. The van der Waals surface area contributed by atoms with E-state index < -0.39 is 0 Å². The second kappa shape index (κ2) is 7.59. The molecular formula is C24H18ClN3OS. The summed E-state index contributed by atoms with van der Waals surface area (Å²) in [6.07, 6.45) is 1.84. The van der Waals surface area contributed by atoms with Crippen molar-refractivity contribution in [3.63, 3.8) is 0 Å². The highest BCUT2D eigenvalue weighted by Gasteiger charge is 2.18. The minimum Gasteiger partial charge on any atom is -0.323 e. The van der Waals surface area contributed by atoms with Gasteiger partial charge in [0.25, 0.3) is 5.91 Å². The molecule has 148 valence electrons. The number of nitrogens with one attached hydrogen (secondary N) is 1. The number of carbonyl (C=O) groups is 1. The summed E-state index contributed by atoms with van der Waals surface area (Å²) in [5.74, 6) is -0.211. The van der Waals surface area contributed by atoms with Crippen LogP contribution < -0.4 is 5.32 Å². The molecule has 30 heavy (non-hydrogen) atoms. The zero-order chi connectivity index (χ0) is 20.7. The molecule has 2 heterocycles. The molecule has 3 aromatic carbocycles. The molecule has 0 fully saturated rings. The molecule has 4 nitrogen and oxygen atoms in total. The van der Waals surface area contributed by atoms with Gasteiger partial charge in [-0.05, 0) is 36.8 Å². The zero-order valence-corrected chi connectivity index (χ0v) is 17.7. The van der Waals surface area contributed by atoms with Gasteiger partial charge in [-0.2, -0.15) is 0 Å². The Bertz CT molecular complexity index is 1370. The van der Waals surface area contributed by atoms with Crippen LogP contribution in [-0.4, -0.2) is 15.5 Å². The smallest absolute Gasteiger partial charge is 0.267 e. The Hall–Kier alpha value is -3.15. The first-order valence-electron chi connectivity index (χ1n) is 9.62. The molecule has 0 aliphatic carbocycles. The number of benzene rings is 3. The van der Waals surface area contributed by atoms with Crippen molar-refractivity contribution in [3.8, 4) is 0 Å². The first kappa shape index (κ1) is 18.9. The van der Waals surface area contributed by atoms with Gasteiger partial charge in [-0.3, -0.25) is 4.79 Å². The van der Waals surface area contributed by atoms with E-state index in [0.29, 0.717) is 15.6 Å². The highest BCUT2D eigenvalue weighted by atomic mass is 35.5. The molecule has 0 saturated carbocycles. The van der Waals surface area contributed by atoms with E-state index in [1.807, 2.05) is 67.0 Å². The van der Waals surface area contributed by atoms with Crippen molar-refractivity contribution in [2.24, 2.45) is 0 Å². The van der Waals surface area contributed by atoms with Gasteiger partial charge in [0.2, 0.25) is 0 Å². The van der Waals surface area contributed by atoms with Gasteiger partial charge in [-0.25, -0.2) is 4.98 Å². The first-order valence-corrected chi connectivity index (χ1v) is 10.8. The van der Waals surface area contributed by atoms with Crippen LogP contribution in [0.2, 0.25) is 5.02 Å². The zero-order valence-electron chi connectivity index (χ0n) is 16.2. The molecule has 0 bridgehead atoms. The number of halogens is 1. The Kier molecular flexibility index (Phi) is 4.77. The van der Waals surface area contributed by atoms with Gasteiger partial charge in [-0.15, -0.1) is 11.3 Å². The summed E-state index contributed by atoms with van der Waals surface area (Å²) in [5.41, 5.74) is 3.76. The number of thiophene rings is 1. The molecule has 0 unspecified atom stereocenters. The van der Waals surface area contributed by atoms with E-state index in [-0.39, 0.29) is 11.9 Å². The molecule has 0 aliphatic rings. The van der Waals surface area contributed by atoms with Crippen molar-refractivity contribution < 1.29 is 4.79 Å². The summed E-state index contributed by atoms with van der Waals surface area (Å²) in [6, 6.07) is 24.0. The molecule has 1 atom stereocenters. The van der Waals surface area contributed by atoms with E-state index in [2.05, 4.69) is 33.9 Å². The van der Waals surface area contributed by atoms with E-state index in [4.69, 9.17) is 11.6 Å². The Balaban J connectivity index is 1.43. The van der Waals surface area contributed by atoms with Gasteiger partial charge in [0.1, 0.15) is 4.88 Å². The fraction of sp³-hybridized carbons (Fsp3) is 0.0833. The predicted octanol–water partition coefficient (Wildman–Crippen LogP) is 6.77. The van der Waals surface area contributed by atoms with Crippen LogP contribution in [0.5, 0.6) is 0 Å². The number of amides is 1. The van der Waals surface area contributed by atoms with Crippen LogP contribution in [0.25, 0.3) is 21.1 Å². The van der Waals surface area contributed by atoms with Gasteiger partial charge >= 0.3 is 0 Å². The van der Waals surface area contributed by atoms with Crippen molar-refractivity contribution >= 4 is 55.7 Å². The monoisotopic (exact) mass is 431 g/mol. The Morgan fingerprint density at radius 1 is 1.07 bits per heavy atom. The van der Waals surface area contributed by atoms with E-state index in [9.17, 15) is 4.79 Å². The maximum atomic E-state index is 12.8. The van der Waals surface area contributed by atoms with Crippen molar-refractivity contribution in [3.05, 3.63) is 94.6 Å². The van der Waals surface area contributed by atoms with Crippen LogP contribution in [0.3, 0.4) is 0 Å². The number of imidazole rings is 1. The summed E-state index contributed by atoms with van der Waals surface area (Å²) in [6.45, 7) is 2.15. The Morgan fingerprint density at radius 2 is 1.83 bits per heavy atom. The topological polar surface area (TPSA) is 46.9 Å². The lowest BCUT2D eigenvalue weighted by Crippen LogP contribution is -2.10. The third-order valence-electron chi connectivity index (χ3n) is 5.27. The van der Waals surface area contributed by atoms with Crippen LogP contribution in [0, 0.1) is 0 Å². The van der Waals surface area contributed by atoms with Gasteiger partial charge in [0.15, 0.2) is 0 Å². The number of nitrogens with zero attached hydrogens (tertiary/aromatic N) is 2. The van der Waals surface area contributed by atoms with Crippen LogP contribution in [-0.2, 0) is 0 Å². The normalized spacial score (nSPS) is 12.3. The number of fused-ring (bicyclic) bond motifs is 2.